The molecule has 0 aromatic heterocycles. The molecule has 2 amide bonds. The van der Waals surface area contributed by atoms with E-state index in [4.69, 9.17) is 19.4 Å². The van der Waals surface area contributed by atoms with Crippen molar-refractivity contribution in [1.82, 2.24) is 5.48 Å². The molecule has 2 rings (SSSR count). The van der Waals surface area contributed by atoms with Crippen LogP contribution in [0.2, 0.25) is 0 Å². The molecular weight excluding hydrogens is 508 g/mol. The fourth-order valence-electron chi connectivity index (χ4n) is 3.16. The SMILES string of the molecule is CCO[C@H](CC/C=C/C(=O)NO)[C@H](OC(=O)Nc1ccc(Br)cc1)c1ccccc1OCCO. The molecule has 0 heterocycles. The van der Waals surface area contributed by atoms with E-state index >= 15 is 0 Å². The summed E-state index contributed by atoms with van der Waals surface area (Å²) in [6.45, 7) is 2.10. The van der Waals surface area contributed by atoms with Crippen LogP contribution >= 0.6 is 15.9 Å². The van der Waals surface area contributed by atoms with Crippen molar-refractivity contribution in [3.63, 3.8) is 0 Å². The number of hydrogen-bond acceptors (Lipinski definition) is 7. The van der Waals surface area contributed by atoms with Gasteiger partial charge in [-0.25, -0.2) is 10.3 Å². The van der Waals surface area contributed by atoms with E-state index in [9.17, 15) is 14.7 Å². The molecule has 2 aromatic carbocycles. The molecule has 0 bridgehead atoms. The van der Waals surface area contributed by atoms with Gasteiger partial charge in [0, 0.05) is 28.4 Å². The van der Waals surface area contributed by atoms with Crippen LogP contribution in [0, 0.1) is 0 Å². The number of benzene rings is 2. The Hall–Kier alpha value is -2.92. The van der Waals surface area contributed by atoms with E-state index < -0.39 is 24.2 Å². The Morgan fingerprint density at radius 1 is 1.15 bits per heavy atom. The van der Waals surface area contributed by atoms with Gasteiger partial charge in [0.25, 0.3) is 5.91 Å². The van der Waals surface area contributed by atoms with Crippen LogP contribution in [0.1, 0.15) is 31.4 Å². The third kappa shape index (κ3) is 9.14. The van der Waals surface area contributed by atoms with Crippen molar-refractivity contribution in [3.05, 3.63) is 70.7 Å². The molecule has 10 heteroatoms. The number of carbonyl (C=O) groups excluding carboxylic acids is 2. The first-order valence-electron chi connectivity index (χ1n) is 10.8. The standard InChI is InChI=1S/C24H29BrN2O7/c1-2-32-21(9-5-6-10-22(29)27-31)23(19-7-3-4-8-20(19)33-16-15-28)34-24(30)26-18-13-11-17(25)12-14-18/h3-4,6-8,10-14,21,23,28,31H,2,5,9,15-16H2,1H3,(H,26,30)(H,27,29)/b10-6+/t21-,23-/m1/s1. The molecule has 4 N–H and O–H groups in total. The summed E-state index contributed by atoms with van der Waals surface area (Å²) >= 11 is 3.35. The van der Waals surface area contributed by atoms with Crippen molar-refractivity contribution in [2.75, 3.05) is 25.1 Å². The topological polar surface area (TPSA) is 126 Å². The molecule has 0 fully saturated rings. The number of ether oxygens (including phenoxy) is 3. The third-order valence-corrected chi connectivity index (χ3v) is 5.14. The van der Waals surface area contributed by atoms with Gasteiger partial charge in [-0.15, -0.1) is 0 Å². The predicted octanol–water partition coefficient (Wildman–Crippen LogP) is 4.36. The van der Waals surface area contributed by atoms with E-state index in [2.05, 4.69) is 21.2 Å². The Labute approximate surface area is 206 Å². The van der Waals surface area contributed by atoms with Crippen LogP contribution in [0.15, 0.2) is 65.2 Å². The first-order chi connectivity index (χ1) is 16.5. The van der Waals surface area contributed by atoms with Gasteiger partial charge in [-0.05, 0) is 50.1 Å². The Bertz CT molecular complexity index is 937. The van der Waals surface area contributed by atoms with Gasteiger partial charge in [0.15, 0.2) is 6.10 Å². The quantitative estimate of drug-likeness (QED) is 0.170. The van der Waals surface area contributed by atoms with Gasteiger partial charge < -0.3 is 19.3 Å². The van der Waals surface area contributed by atoms with E-state index in [1.54, 1.807) is 54.6 Å². The monoisotopic (exact) mass is 536 g/mol. The molecule has 0 spiro atoms. The number of nitrogens with one attached hydrogen (secondary N) is 2. The summed E-state index contributed by atoms with van der Waals surface area (Å²) in [6.07, 6.45) is 1.54. The van der Waals surface area contributed by atoms with Crippen LogP contribution in [0.4, 0.5) is 10.5 Å². The third-order valence-electron chi connectivity index (χ3n) is 4.61. The summed E-state index contributed by atoms with van der Waals surface area (Å²) in [6, 6.07) is 14.1. The van der Waals surface area contributed by atoms with Crippen LogP contribution in [0.3, 0.4) is 0 Å². The second kappa shape index (κ2) is 15.1. The lowest BCUT2D eigenvalue weighted by Gasteiger charge is -2.28. The summed E-state index contributed by atoms with van der Waals surface area (Å²) in [7, 11) is 0. The highest BCUT2D eigenvalue weighted by atomic mass is 79.9. The summed E-state index contributed by atoms with van der Waals surface area (Å²) in [5.41, 5.74) is 2.67. The van der Waals surface area contributed by atoms with Gasteiger partial charge in [0.2, 0.25) is 0 Å². The van der Waals surface area contributed by atoms with Gasteiger partial charge in [-0.1, -0.05) is 40.2 Å². The van der Waals surface area contributed by atoms with Crippen molar-refractivity contribution < 1.29 is 34.1 Å². The number of carbonyl (C=O) groups is 2. The predicted molar refractivity (Wildman–Crippen MR) is 130 cm³/mol. The largest absolute Gasteiger partial charge is 0.491 e. The molecule has 0 unspecified atom stereocenters. The van der Waals surface area contributed by atoms with E-state index in [0.29, 0.717) is 36.4 Å². The van der Waals surface area contributed by atoms with E-state index in [0.717, 1.165) is 4.47 Å². The molecule has 34 heavy (non-hydrogen) atoms. The number of allylic oxidation sites excluding steroid dienone is 1. The molecular formula is C24H29BrN2O7. The average Bonchev–Trinajstić information content (AvgIpc) is 2.84. The molecule has 0 saturated heterocycles. The number of hydrogen-bond donors (Lipinski definition) is 4. The summed E-state index contributed by atoms with van der Waals surface area (Å²) in [5.74, 6) is -0.185. The maximum absolute atomic E-state index is 12.8. The first-order valence-corrected chi connectivity index (χ1v) is 11.6. The Morgan fingerprint density at radius 2 is 1.88 bits per heavy atom. The molecule has 0 aliphatic heterocycles. The average molecular weight is 537 g/mol. The van der Waals surface area contributed by atoms with Gasteiger partial charge in [-0.3, -0.25) is 15.3 Å². The molecule has 184 valence electrons. The zero-order chi connectivity index (χ0) is 24.8. The molecule has 2 aromatic rings. The van der Waals surface area contributed by atoms with E-state index in [1.807, 2.05) is 6.92 Å². The Morgan fingerprint density at radius 3 is 2.56 bits per heavy atom. The van der Waals surface area contributed by atoms with Gasteiger partial charge >= 0.3 is 6.09 Å². The number of amides is 2. The second-order valence-corrected chi connectivity index (χ2v) is 7.93. The Balaban J connectivity index is 2.28. The number of para-hydroxylation sites is 1. The zero-order valence-electron chi connectivity index (χ0n) is 18.8. The molecule has 0 radical (unpaired) electrons. The van der Waals surface area contributed by atoms with Gasteiger partial charge in [-0.2, -0.15) is 0 Å². The van der Waals surface area contributed by atoms with Crippen molar-refractivity contribution in [2.45, 2.75) is 32.0 Å². The smallest absolute Gasteiger partial charge is 0.412 e. The van der Waals surface area contributed by atoms with Crippen molar-refractivity contribution in [3.8, 4) is 5.75 Å². The van der Waals surface area contributed by atoms with Crippen LogP contribution < -0.4 is 15.5 Å². The van der Waals surface area contributed by atoms with Crippen LogP contribution in [0.25, 0.3) is 0 Å². The van der Waals surface area contributed by atoms with E-state index in [-0.39, 0.29) is 13.2 Å². The fraction of sp³-hybridized carbons (Fsp3) is 0.333. The lowest BCUT2D eigenvalue weighted by atomic mass is 9.99. The highest BCUT2D eigenvalue weighted by Crippen LogP contribution is 2.34. The molecule has 0 saturated carbocycles. The first kappa shape index (κ1) is 27.3. The maximum atomic E-state index is 12.8. The fourth-order valence-corrected chi connectivity index (χ4v) is 3.43. The lowest BCUT2D eigenvalue weighted by Crippen LogP contribution is -2.29. The van der Waals surface area contributed by atoms with Crippen molar-refractivity contribution >= 4 is 33.6 Å². The minimum atomic E-state index is -0.842. The van der Waals surface area contributed by atoms with Crippen LogP contribution in [-0.4, -0.2) is 48.2 Å². The second-order valence-electron chi connectivity index (χ2n) is 7.02. The zero-order valence-corrected chi connectivity index (χ0v) is 20.4. The summed E-state index contributed by atoms with van der Waals surface area (Å²) < 4.78 is 18.3. The number of rotatable bonds is 13. The van der Waals surface area contributed by atoms with Crippen molar-refractivity contribution in [2.24, 2.45) is 0 Å². The molecule has 9 nitrogen and oxygen atoms in total. The highest BCUT2D eigenvalue weighted by molar-refractivity contribution is 9.10. The Kier molecular flexibility index (Phi) is 12.1. The number of aliphatic hydroxyl groups excluding tert-OH is 1. The normalized spacial score (nSPS) is 12.7. The number of hydroxylamine groups is 1. The highest BCUT2D eigenvalue weighted by Gasteiger charge is 2.30. The number of halogens is 1. The summed E-state index contributed by atoms with van der Waals surface area (Å²) in [5, 5.41) is 20.5. The van der Waals surface area contributed by atoms with Crippen LogP contribution in [-0.2, 0) is 14.3 Å². The molecule has 2 atom stereocenters. The summed E-state index contributed by atoms with van der Waals surface area (Å²) in [4.78, 5) is 24.0. The van der Waals surface area contributed by atoms with Gasteiger partial charge in [0.05, 0.1) is 12.7 Å². The molecule has 0 aliphatic rings. The number of anilines is 1. The minimum absolute atomic E-state index is 0.0765. The maximum Gasteiger partial charge on any atom is 0.412 e. The van der Waals surface area contributed by atoms with Crippen LogP contribution in [0.5, 0.6) is 5.75 Å². The molecule has 0 aliphatic carbocycles. The van der Waals surface area contributed by atoms with Crippen molar-refractivity contribution in [1.29, 1.82) is 0 Å². The van der Waals surface area contributed by atoms with E-state index in [1.165, 1.54) is 11.6 Å². The van der Waals surface area contributed by atoms with Gasteiger partial charge in [0.1, 0.15) is 12.4 Å². The minimum Gasteiger partial charge on any atom is -0.491 e. The number of aliphatic hydroxyl groups is 1. The lowest BCUT2D eigenvalue weighted by molar-refractivity contribution is -0.124.